The number of hydrogen-bond donors (Lipinski definition) is 3. The van der Waals surface area contributed by atoms with Gasteiger partial charge in [-0.25, -0.2) is 4.39 Å². The summed E-state index contributed by atoms with van der Waals surface area (Å²) in [6, 6.07) is 17.5. The van der Waals surface area contributed by atoms with Crippen LogP contribution in [0.2, 0.25) is 0 Å². The maximum Gasteiger partial charge on any atom is 0.128 e. The van der Waals surface area contributed by atoms with Crippen molar-refractivity contribution in [1.29, 1.82) is 0 Å². The molecule has 0 radical (unpaired) electrons. The molecule has 0 amide bonds. The minimum atomic E-state index is -1.04. The van der Waals surface area contributed by atoms with Crippen molar-refractivity contribution in [1.82, 2.24) is 0 Å². The zero-order valence-electron chi connectivity index (χ0n) is 14.8. The molecule has 27 heavy (non-hydrogen) atoms. The first kappa shape index (κ1) is 21.5. The number of rotatable bonds is 8. The van der Waals surface area contributed by atoms with Gasteiger partial charge >= 0.3 is 0 Å². The number of nitrogens with two attached hydrogens (primary N) is 1. The van der Waals surface area contributed by atoms with Crippen LogP contribution in [0.4, 0.5) is 4.39 Å². The zero-order chi connectivity index (χ0) is 18.4. The van der Waals surface area contributed by atoms with Gasteiger partial charge in [0.2, 0.25) is 0 Å². The van der Waals surface area contributed by atoms with E-state index in [4.69, 9.17) is 0 Å². The lowest BCUT2D eigenvalue weighted by atomic mass is 9.85. The Morgan fingerprint density at radius 3 is 2.33 bits per heavy atom. The molecule has 0 fully saturated rings. The SMILES string of the molecule is OC(C[NH2+]CCC(O)(c1ccccc1)c1ccsc1)c1ccc(F)cc1.[Cl-]. The summed E-state index contributed by atoms with van der Waals surface area (Å²) in [6.45, 7) is 1.11. The summed E-state index contributed by atoms with van der Waals surface area (Å²) >= 11 is 1.56. The third-order valence-electron chi connectivity index (χ3n) is 4.61. The molecule has 2 unspecified atom stereocenters. The number of thiophene rings is 1. The Kier molecular flexibility index (Phi) is 7.95. The second kappa shape index (κ2) is 9.97. The maximum absolute atomic E-state index is 13.0. The molecule has 0 aliphatic carbocycles. The number of aliphatic hydroxyl groups excluding tert-OH is 1. The molecular formula is C21H23ClFNO2S. The molecule has 3 aromatic rings. The molecule has 0 saturated heterocycles. The second-order valence-corrected chi connectivity index (χ2v) is 7.15. The van der Waals surface area contributed by atoms with E-state index >= 15 is 0 Å². The largest absolute Gasteiger partial charge is 1.00 e. The van der Waals surface area contributed by atoms with Crippen molar-refractivity contribution in [3.8, 4) is 0 Å². The summed E-state index contributed by atoms with van der Waals surface area (Å²) in [4.78, 5) is 0. The van der Waals surface area contributed by atoms with Crippen LogP contribution in [0.25, 0.3) is 0 Å². The fraction of sp³-hybridized carbons (Fsp3) is 0.238. The van der Waals surface area contributed by atoms with Crippen LogP contribution < -0.4 is 17.7 Å². The first-order chi connectivity index (χ1) is 12.6. The van der Waals surface area contributed by atoms with Crippen molar-refractivity contribution >= 4 is 11.3 Å². The highest BCUT2D eigenvalue weighted by Crippen LogP contribution is 2.33. The topological polar surface area (TPSA) is 57.1 Å². The van der Waals surface area contributed by atoms with Crippen LogP contribution >= 0.6 is 11.3 Å². The molecule has 0 saturated carbocycles. The molecule has 1 aromatic heterocycles. The average molecular weight is 408 g/mol. The highest BCUT2D eigenvalue weighted by atomic mass is 35.5. The van der Waals surface area contributed by atoms with Crippen molar-refractivity contribution in [2.45, 2.75) is 18.1 Å². The third-order valence-corrected chi connectivity index (χ3v) is 5.29. The van der Waals surface area contributed by atoms with Crippen molar-refractivity contribution in [3.63, 3.8) is 0 Å². The van der Waals surface area contributed by atoms with Crippen LogP contribution in [0, 0.1) is 5.82 Å². The number of quaternary nitrogens is 1. The Bertz CT molecular complexity index is 799. The fourth-order valence-corrected chi connectivity index (χ4v) is 3.80. The van der Waals surface area contributed by atoms with E-state index in [1.807, 2.05) is 52.5 Å². The number of benzene rings is 2. The van der Waals surface area contributed by atoms with Crippen LogP contribution in [0.5, 0.6) is 0 Å². The van der Waals surface area contributed by atoms with E-state index in [2.05, 4.69) is 0 Å². The van der Waals surface area contributed by atoms with Gasteiger partial charge in [-0.15, -0.1) is 0 Å². The van der Waals surface area contributed by atoms with Gasteiger partial charge in [-0.05, 0) is 45.6 Å². The Balaban J connectivity index is 0.00000261. The molecule has 4 N–H and O–H groups in total. The zero-order valence-corrected chi connectivity index (χ0v) is 16.3. The van der Waals surface area contributed by atoms with E-state index < -0.39 is 11.7 Å². The lowest BCUT2D eigenvalue weighted by molar-refractivity contribution is -0.663. The molecule has 0 bridgehead atoms. The molecule has 0 aliphatic heterocycles. The molecule has 2 atom stereocenters. The van der Waals surface area contributed by atoms with Gasteiger partial charge in [0.1, 0.15) is 24.1 Å². The standard InChI is InChI=1S/C21H22FNO2S.ClH/c22-19-8-6-16(7-9-19)20(24)14-23-12-11-21(25,18-10-13-26-15-18)17-4-2-1-3-5-17;/h1-10,13,15,20,23-25H,11-12,14H2;1H. The fourth-order valence-electron chi connectivity index (χ4n) is 3.08. The molecule has 1 heterocycles. The number of halogens is 2. The lowest BCUT2D eigenvalue weighted by Crippen LogP contribution is -3.00. The minimum Gasteiger partial charge on any atom is -1.00 e. The van der Waals surface area contributed by atoms with E-state index in [-0.39, 0.29) is 18.2 Å². The molecule has 6 heteroatoms. The van der Waals surface area contributed by atoms with Crippen LogP contribution in [0.1, 0.15) is 29.2 Å². The van der Waals surface area contributed by atoms with E-state index in [0.29, 0.717) is 25.1 Å². The Morgan fingerprint density at radius 1 is 1.00 bits per heavy atom. The second-order valence-electron chi connectivity index (χ2n) is 6.37. The van der Waals surface area contributed by atoms with E-state index in [0.717, 1.165) is 11.1 Å². The van der Waals surface area contributed by atoms with Gasteiger partial charge in [-0.2, -0.15) is 11.3 Å². The van der Waals surface area contributed by atoms with Crippen molar-refractivity contribution in [2.24, 2.45) is 0 Å². The van der Waals surface area contributed by atoms with Crippen molar-refractivity contribution < 1.29 is 32.3 Å². The molecule has 2 aromatic carbocycles. The summed E-state index contributed by atoms with van der Waals surface area (Å²) in [5.74, 6) is -0.311. The van der Waals surface area contributed by atoms with Gasteiger partial charge in [0.05, 0.1) is 6.54 Å². The van der Waals surface area contributed by atoms with Gasteiger partial charge < -0.3 is 27.9 Å². The van der Waals surface area contributed by atoms with Gasteiger partial charge in [0.15, 0.2) is 0 Å². The molecule has 3 rings (SSSR count). The van der Waals surface area contributed by atoms with E-state index in [9.17, 15) is 14.6 Å². The summed E-state index contributed by atoms with van der Waals surface area (Å²) in [5, 5.41) is 27.5. The third kappa shape index (κ3) is 5.37. The quantitative estimate of drug-likeness (QED) is 0.453. The predicted molar refractivity (Wildman–Crippen MR) is 101 cm³/mol. The molecular weight excluding hydrogens is 385 g/mol. The Morgan fingerprint density at radius 2 is 1.70 bits per heavy atom. The van der Waals surface area contributed by atoms with E-state index in [1.165, 1.54) is 12.1 Å². The summed E-state index contributed by atoms with van der Waals surface area (Å²) < 4.78 is 13.0. The van der Waals surface area contributed by atoms with Crippen LogP contribution in [-0.4, -0.2) is 23.3 Å². The molecule has 144 valence electrons. The van der Waals surface area contributed by atoms with Gasteiger partial charge in [0.25, 0.3) is 0 Å². The number of hydrogen-bond acceptors (Lipinski definition) is 3. The molecule has 0 spiro atoms. The smallest absolute Gasteiger partial charge is 0.128 e. The Hall–Kier alpha value is -1.76. The van der Waals surface area contributed by atoms with E-state index in [1.54, 1.807) is 23.5 Å². The molecule has 0 aliphatic rings. The summed E-state index contributed by atoms with van der Waals surface area (Å²) in [5.41, 5.74) is 1.41. The first-order valence-electron chi connectivity index (χ1n) is 8.65. The summed E-state index contributed by atoms with van der Waals surface area (Å²) in [7, 11) is 0. The van der Waals surface area contributed by atoms with Crippen LogP contribution in [0.15, 0.2) is 71.4 Å². The average Bonchev–Trinajstić information content (AvgIpc) is 3.21. The Labute approximate surface area is 168 Å². The first-order valence-corrected chi connectivity index (χ1v) is 9.59. The lowest BCUT2D eigenvalue weighted by Gasteiger charge is -2.27. The highest BCUT2D eigenvalue weighted by Gasteiger charge is 2.32. The van der Waals surface area contributed by atoms with Crippen molar-refractivity contribution in [3.05, 3.63) is 93.9 Å². The van der Waals surface area contributed by atoms with Crippen LogP contribution in [0.3, 0.4) is 0 Å². The van der Waals surface area contributed by atoms with Crippen molar-refractivity contribution in [2.75, 3.05) is 13.1 Å². The maximum atomic E-state index is 13.0. The monoisotopic (exact) mass is 407 g/mol. The normalized spacial score (nSPS) is 14.2. The van der Waals surface area contributed by atoms with Gasteiger partial charge in [-0.1, -0.05) is 42.5 Å². The summed E-state index contributed by atoms with van der Waals surface area (Å²) in [6.07, 6.45) is -0.134. The molecule has 3 nitrogen and oxygen atoms in total. The minimum absolute atomic E-state index is 0. The van der Waals surface area contributed by atoms with Crippen LogP contribution in [-0.2, 0) is 5.60 Å². The predicted octanol–water partition coefficient (Wildman–Crippen LogP) is -0.186. The van der Waals surface area contributed by atoms with Gasteiger partial charge in [-0.3, -0.25) is 0 Å². The number of aliphatic hydroxyl groups is 2. The van der Waals surface area contributed by atoms with Gasteiger partial charge in [0, 0.05) is 6.42 Å². The highest BCUT2D eigenvalue weighted by molar-refractivity contribution is 7.08.